The lowest BCUT2D eigenvalue weighted by Gasteiger charge is -2.38. The molecule has 1 unspecified atom stereocenters. The third-order valence-corrected chi connectivity index (χ3v) is 6.45. The maximum Gasteiger partial charge on any atom is 0.227 e. The zero-order valence-electron chi connectivity index (χ0n) is 17.1. The molecule has 1 aliphatic carbocycles. The van der Waals surface area contributed by atoms with E-state index in [1.54, 1.807) is 0 Å². The maximum absolute atomic E-state index is 13.1. The minimum absolute atomic E-state index is 0.0143. The van der Waals surface area contributed by atoms with E-state index in [1.165, 1.54) is 0 Å². The highest BCUT2D eigenvalue weighted by molar-refractivity contribution is 5.83. The van der Waals surface area contributed by atoms with Crippen LogP contribution in [0.3, 0.4) is 0 Å². The van der Waals surface area contributed by atoms with Gasteiger partial charge in [0.2, 0.25) is 11.8 Å². The van der Waals surface area contributed by atoms with Gasteiger partial charge in [-0.1, -0.05) is 13.8 Å². The maximum atomic E-state index is 13.1. The molecule has 6 heteroatoms. The Bertz CT molecular complexity index is 723. The molecular formula is C22H32N4O2. The minimum atomic E-state index is -0.0143. The number of hydrogen-bond acceptors (Lipinski definition) is 4. The van der Waals surface area contributed by atoms with Crippen LogP contribution in [0.15, 0.2) is 12.3 Å². The van der Waals surface area contributed by atoms with E-state index >= 15 is 0 Å². The van der Waals surface area contributed by atoms with Crippen molar-refractivity contribution in [1.82, 2.24) is 19.8 Å². The molecule has 1 atom stereocenters. The minimum Gasteiger partial charge on any atom is -0.342 e. The van der Waals surface area contributed by atoms with E-state index in [4.69, 9.17) is 4.98 Å². The molecule has 3 heterocycles. The normalized spacial score (nSPS) is 23.9. The van der Waals surface area contributed by atoms with Crippen LogP contribution in [0.1, 0.15) is 75.7 Å². The SMILES string of the molecule is CC(C)c1nccc(C2CCN(C(=O)C3CCCN(C(=O)C4CC4)C3)CC2)n1. The fourth-order valence-corrected chi connectivity index (χ4v) is 4.52. The lowest BCUT2D eigenvalue weighted by Crippen LogP contribution is -2.48. The molecule has 0 spiro atoms. The zero-order valence-corrected chi connectivity index (χ0v) is 17.1. The number of carbonyl (C=O) groups is 2. The highest BCUT2D eigenvalue weighted by atomic mass is 16.2. The van der Waals surface area contributed by atoms with E-state index in [-0.39, 0.29) is 23.7 Å². The van der Waals surface area contributed by atoms with Gasteiger partial charge in [-0.05, 0) is 44.6 Å². The van der Waals surface area contributed by atoms with Gasteiger partial charge in [0, 0.05) is 55.8 Å². The number of amides is 2. The van der Waals surface area contributed by atoms with Crippen molar-refractivity contribution in [1.29, 1.82) is 0 Å². The average Bonchev–Trinajstić information content (AvgIpc) is 3.58. The smallest absolute Gasteiger partial charge is 0.227 e. The number of hydrogen-bond donors (Lipinski definition) is 0. The first-order valence-corrected chi connectivity index (χ1v) is 10.9. The van der Waals surface area contributed by atoms with Gasteiger partial charge in [0.25, 0.3) is 0 Å². The van der Waals surface area contributed by atoms with Gasteiger partial charge >= 0.3 is 0 Å². The summed E-state index contributed by atoms with van der Waals surface area (Å²) in [6.45, 7) is 7.25. The second-order valence-electron chi connectivity index (χ2n) is 8.99. The number of likely N-dealkylation sites (tertiary alicyclic amines) is 2. The van der Waals surface area contributed by atoms with Crippen LogP contribution in [0.25, 0.3) is 0 Å². The summed E-state index contributed by atoms with van der Waals surface area (Å²) >= 11 is 0. The fraction of sp³-hybridized carbons (Fsp3) is 0.727. The summed E-state index contributed by atoms with van der Waals surface area (Å²) in [5.74, 6) is 2.39. The van der Waals surface area contributed by atoms with Crippen molar-refractivity contribution in [3.8, 4) is 0 Å². The van der Waals surface area contributed by atoms with Gasteiger partial charge in [0.05, 0.1) is 5.92 Å². The third kappa shape index (κ3) is 4.20. The van der Waals surface area contributed by atoms with Gasteiger partial charge in [-0.3, -0.25) is 9.59 Å². The molecular weight excluding hydrogens is 352 g/mol. The molecule has 1 aromatic heterocycles. The molecule has 28 heavy (non-hydrogen) atoms. The van der Waals surface area contributed by atoms with E-state index in [0.29, 0.717) is 18.4 Å². The molecule has 6 nitrogen and oxygen atoms in total. The largest absolute Gasteiger partial charge is 0.342 e. The van der Waals surface area contributed by atoms with Crippen LogP contribution in [-0.4, -0.2) is 57.8 Å². The predicted octanol–water partition coefficient (Wildman–Crippen LogP) is 2.95. The van der Waals surface area contributed by atoms with Crippen LogP contribution in [0.2, 0.25) is 0 Å². The van der Waals surface area contributed by atoms with E-state index < -0.39 is 0 Å². The summed E-state index contributed by atoms with van der Waals surface area (Å²) in [6.07, 6.45) is 7.70. The van der Waals surface area contributed by atoms with E-state index in [0.717, 1.165) is 69.7 Å². The van der Waals surface area contributed by atoms with Crippen molar-refractivity contribution in [2.75, 3.05) is 26.2 Å². The highest BCUT2D eigenvalue weighted by Gasteiger charge is 2.38. The van der Waals surface area contributed by atoms with Crippen molar-refractivity contribution in [2.24, 2.45) is 11.8 Å². The molecule has 152 valence electrons. The summed E-state index contributed by atoms with van der Waals surface area (Å²) in [7, 11) is 0. The van der Waals surface area contributed by atoms with Crippen LogP contribution in [0.4, 0.5) is 0 Å². The standard InChI is InChI=1S/C22H32N4O2/c1-15(2)20-23-10-7-19(24-20)16-8-12-25(13-9-16)22(28)18-4-3-11-26(14-18)21(27)17-5-6-17/h7,10,15-18H,3-6,8-9,11-14H2,1-2H3. The molecule has 0 aromatic carbocycles. The average molecular weight is 385 g/mol. The Hall–Kier alpha value is -1.98. The molecule has 0 N–H and O–H groups in total. The quantitative estimate of drug-likeness (QED) is 0.800. The van der Waals surface area contributed by atoms with E-state index in [1.807, 2.05) is 22.1 Å². The Morgan fingerprint density at radius 2 is 1.68 bits per heavy atom. The van der Waals surface area contributed by atoms with Gasteiger partial charge in [0.15, 0.2) is 0 Å². The fourth-order valence-electron chi connectivity index (χ4n) is 4.52. The molecule has 3 fully saturated rings. The Balaban J connectivity index is 1.32. The van der Waals surface area contributed by atoms with Crippen LogP contribution >= 0.6 is 0 Å². The summed E-state index contributed by atoms with van der Waals surface area (Å²) < 4.78 is 0. The molecule has 4 rings (SSSR count). The van der Waals surface area contributed by atoms with Crippen LogP contribution in [0, 0.1) is 11.8 Å². The lowest BCUT2D eigenvalue weighted by molar-refractivity contribution is -0.142. The molecule has 0 radical (unpaired) electrons. The zero-order chi connectivity index (χ0) is 19.7. The second-order valence-corrected chi connectivity index (χ2v) is 8.99. The first kappa shape index (κ1) is 19.3. The van der Waals surface area contributed by atoms with Gasteiger partial charge in [-0.15, -0.1) is 0 Å². The van der Waals surface area contributed by atoms with Gasteiger partial charge < -0.3 is 9.80 Å². The predicted molar refractivity (Wildman–Crippen MR) is 107 cm³/mol. The Labute approximate surface area is 167 Å². The summed E-state index contributed by atoms with van der Waals surface area (Å²) in [5.41, 5.74) is 1.12. The Kier molecular flexibility index (Phi) is 5.65. The lowest BCUT2D eigenvalue weighted by atomic mass is 9.90. The number of rotatable bonds is 4. The van der Waals surface area contributed by atoms with Crippen molar-refractivity contribution in [3.63, 3.8) is 0 Å². The molecule has 1 aromatic rings. The van der Waals surface area contributed by atoms with Crippen molar-refractivity contribution in [2.45, 2.75) is 64.2 Å². The van der Waals surface area contributed by atoms with Crippen LogP contribution in [-0.2, 0) is 9.59 Å². The summed E-state index contributed by atoms with van der Waals surface area (Å²) in [4.78, 5) is 38.5. The van der Waals surface area contributed by atoms with Crippen molar-refractivity contribution in [3.05, 3.63) is 23.8 Å². The molecule has 2 amide bonds. The molecule has 2 aliphatic heterocycles. The number of carbonyl (C=O) groups excluding carboxylic acids is 2. The molecule has 3 aliphatic rings. The first-order chi connectivity index (χ1) is 13.5. The van der Waals surface area contributed by atoms with Gasteiger partial charge in [-0.2, -0.15) is 0 Å². The van der Waals surface area contributed by atoms with Crippen molar-refractivity contribution < 1.29 is 9.59 Å². The number of nitrogens with zero attached hydrogens (tertiary/aromatic N) is 4. The topological polar surface area (TPSA) is 66.4 Å². The molecule has 2 saturated heterocycles. The first-order valence-electron chi connectivity index (χ1n) is 10.9. The van der Waals surface area contributed by atoms with E-state index in [2.05, 4.69) is 18.8 Å². The van der Waals surface area contributed by atoms with E-state index in [9.17, 15) is 9.59 Å². The van der Waals surface area contributed by atoms with Crippen LogP contribution < -0.4 is 0 Å². The van der Waals surface area contributed by atoms with Crippen LogP contribution in [0.5, 0.6) is 0 Å². The number of piperidine rings is 2. The Morgan fingerprint density at radius 3 is 2.36 bits per heavy atom. The third-order valence-electron chi connectivity index (χ3n) is 6.45. The molecule has 0 bridgehead atoms. The van der Waals surface area contributed by atoms with Gasteiger partial charge in [0.1, 0.15) is 5.82 Å². The summed E-state index contributed by atoms with van der Waals surface area (Å²) in [5, 5.41) is 0. The van der Waals surface area contributed by atoms with Crippen molar-refractivity contribution >= 4 is 11.8 Å². The number of aromatic nitrogens is 2. The monoisotopic (exact) mass is 384 g/mol. The molecule has 1 saturated carbocycles. The van der Waals surface area contributed by atoms with Gasteiger partial charge in [-0.25, -0.2) is 9.97 Å². The highest BCUT2D eigenvalue weighted by Crippen LogP contribution is 2.33. The second kappa shape index (κ2) is 8.18. The summed E-state index contributed by atoms with van der Waals surface area (Å²) in [6, 6.07) is 2.02. The Morgan fingerprint density at radius 1 is 0.964 bits per heavy atom.